The highest BCUT2D eigenvalue weighted by molar-refractivity contribution is 5.16. The van der Waals surface area contributed by atoms with Crippen molar-refractivity contribution < 1.29 is 4.39 Å². The van der Waals surface area contributed by atoms with Crippen molar-refractivity contribution in [3.8, 4) is 0 Å². The molecule has 0 unspecified atom stereocenters. The van der Waals surface area contributed by atoms with Gasteiger partial charge in [0, 0.05) is 39.3 Å². The van der Waals surface area contributed by atoms with Gasteiger partial charge in [-0.05, 0) is 42.9 Å². The van der Waals surface area contributed by atoms with E-state index >= 15 is 0 Å². The average Bonchev–Trinajstić information content (AvgIpc) is 2.50. The lowest BCUT2D eigenvalue weighted by Crippen LogP contribution is -2.47. The summed E-state index contributed by atoms with van der Waals surface area (Å²) in [5, 5.41) is 0. The predicted molar refractivity (Wildman–Crippen MR) is 84.6 cm³/mol. The van der Waals surface area contributed by atoms with Crippen LogP contribution >= 0.6 is 0 Å². The van der Waals surface area contributed by atoms with Gasteiger partial charge < -0.3 is 4.90 Å². The van der Waals surface area contributed by atoms with E-state index in [1.807, 2.05) is 6.07 Å². The quantitative estimate of drug-likeness (QED) is 0.784. The Morgan fingerprint density at radius 1 is 1.05 bits per heavy atom. The first-order valence-electron chi connectivity index (χ1n) is 8.14. The first kappa shape index (κ1) is 14.7. The highest BCUT2D eigenvalue weighted by Gasteiger charge is 2.20. The second kappa shape index (κ2) is 7.19. The maximum absolute atomic E-state index is 13.2. The van der Waals surface area contributed by atoms with Crippen molar-refractivity contribution in [1.82, 2.24) is 9.80 Å². The van der Waals surface area contributed by atoms with Crippen LogP contribution in [-0.4, -0.2) is 42.5 Å². The molecule has 1 aromatic carbocycles. The van der Waals surface area contributed by atoms with E-state index in [0.717, 1.165) is 44.2 Å². The van der Waals surface area contributed by atoms with Crippen LogP contribution in [0, 0.1) is 11.7 Å². The van der Waals surface area contributed by atoms with Crippen molar-refractivity contribution in [2.24, 2.45) is 5.92 Å². The van der Waals surface area contributed by atoms with Crippen LogP contribution in [0.4, 0.5) is 4.39 Å². The van der Waals surface area contributed by atoms with Gasteiger partial charge in [0.2, 0.25) is 0 Å². The molecular formula is C18H25FN2. The monoisotopic (exact) mass is 288 g/mol. The summed E-state index contributed by atoms with van der Waals surface area (Å²) in [6.45, 7) is 6.61. The molecule has 2 nitrogen and oxygen atoms in total. The molecular weight excluding hydrogens is 263 g/mol. The number of rotatable bonds is 4. The normalized spacial score (nSPS) is 24.3. The fourth-order valence-electron chi connectivity index (χ4n) is 3.41. The van der Waals surface area contributed by atoms with Gasteiger partial charge in [-0.1, -0.05) is 24.3 Å². The van der Waals surface area contributed by atoms with Crippen molar-refractivity contribution in [2.45, 2.75) is 25.8 Å². The molecule has 1 aliphatic heterocycles. The van der Waals surface area contributed by atoms with E-state index < -0.39 is 0 Å². The van der Waals surface area contributed by atoms with Gasteiger partial charge in [0.05, 0.1) is 0 Å². The Labute approximate surface area is 127 Å². The number of hydrogen-bond donors (Lipinski definition) is 0. The van der Waals surface area contributed by atoms with Crippen LogP contribution in [0.25, 0.3) is 0 Å². The van der Waals surface area contributed by atoms with Gasteiger partial charge in [-0.2, -0.15) is 0 Å². The molecule has 1 aliphatic carbocycles. The zero-order valence-corrected chi connectivity index (χ0v) is 12.7. The number of allylic oxidation sites excluding steroid dienone is 2. The summed E-state index contributed by atoms with van der Waals surface area (Å²) in [6, 6.07) is 6.99. The highest BCUT2D eigenvalue weighted by atomic mass is 19.1. The minimum absolute atomic E-state index is 0.128. The van der Waals surface area contributed by atoms with Crippen LogP contribution < -0.4 is 0 Å². The molecule has 3 heteroatoms. The molecule has 1 aromatic rings. The molecule has 1 fully saturated rings. The summed E-state index contributed by atoms with van der Waals surface area (Å²) in [7, 11) is 0. The Bertz CT molecular complexity index is 478. The topological polar surface area (TPSA) is 6.48 Å². The van der Waals surface area contributed by atoms with E-state index in [0.29, 0.717) is 0 Å². The number of piperazine rings is 1. The Balaban J connectivity index is 1.43. The van der Waals surface area contributed by atoms with Crippen LogP contribution in [0.5, 0.6) is 0 Å². The van der Waals surface area contributed by atoms with Crippen molar-refractivity contribution in [3.63, 3.8) is 0 Å². The van der Waals surface area contributed by atoms with E-state index in [4.69, 9.17) is 0 Å². The Hall–Kier alpha value is -1.19. The van der Waals surface area contributed by atoms with Crippen molar-refractivity contribution in [3.05, 3.63) is 47.8 Å². The van der Waals surface area contributed by atoms with Gasteiger partial charge in [-0.15, -0.1) is 0 Å². The van der Waals surface area contributed by atoms with Crippen molar-refractivity contribution in [2.75, 3.05) is 32.7 Å². The first-order valence-corrected chi connectivity index (χ1v) is 8.14. The van der Waals surface area contributed by atoms with Crippen LogP contribution in [0.1, 0.15) is 24.8 Å². The second-order valence-electron chi connectivity index (χ2n) is 6.36. The Kier molecular flexibility index (Phi) is 5.04. The Morgan fingerprint density at radius 3 is 2.57 bits per heavy atom. The largest absolute Gasteiger partial charge is 0.301 e. The van der Waals surface area contributed by atoms with Gasteiger partial charge in [0.25, 0.3) is 0 Å². The summed E-state index contributed by atoms with van der Waals surface area (Å²) in [4.78, 5) is 5.04. The fourth-order valence-corrected chi connectivity index (χ4v) is 3.41. The van der Waals surface area contributed by atoms with Gasteiger partial charge in [-0.3, -0.25) is 4.90 Å². The van der Waals surface area contributed by atoms with Crippen LogP contribution in [0.2, 0.25) is 0 Å². The van der Waals surface area contributed by atoms with E-state index in [1.54, 1.807) is 12.1 Å². The molecule has 0 spiro atoms. The highest BCUT2D eigenvalue weighted by Crippen LogP contribution is 2.20. The number of hydrogen-bond acceptors (Lipinski definition) is 2. The van der Waals surface area contributed by atoms with Gasteiger partial charge in [0.15, 0.2) is 0 Å². The molecule has 0 saturated carbocycles. The van der Waals surface area contributed by atoms with Crippen LogP contribution in [0.3, 0.4) is 0 Å². The van der Waals surface area contributed by atoms with Crippen LogP contribution in [0.15, 0.2) is 36.4 Å². The van der Waals surface area contributed by atoms with Crippen LogP contribution in [-0.2, 0) is 6.54 Å². The first-order chi connectivity index (χ1) is 10.3. The molecule has 114 valence electrons. The molecule has 0 aromatic heterocycles. The lowest BCUT2D eigenvalue weighted by Gasteiger charge is -2.36. The number of halogens is 1. The average molecular weight is 288 g/mol. The van der Waals surface area contributed by atoms with Crippen molar-refractivity contribution in [1.29, 1.82) is 0 Å². The fraction of sp³-hybridized carbons (Fsp3) is 0.556. The zero-order chi connectivity index (χ0) is 14.5. The Morgan fingerprint density at radius 2 is 1.86 bits per heavy atom. The minimum atomic E-state index is -0.128. The molecule has 2 aliphatic rings. The van der Waals surface area contributed by atoms with E-state index in [1.165, 1.54) is 31.9 Å². The predicted octanol–water partition coefficient (Wildman–Crippen LogP) is 3.30. The third kappa shape index (κ3) is 4.39. The van der Waals surface area contributed by atoms with Gasteiger partial charge in [-0.25, -0.2) is 4.39 Å². The summed E-state index contributed by atoms with van der Waals surface area (Å²) in [6.07, 6.45) is 8.51. The standard InChI is InChI=1S/C18H25FN2/c19-18-8-4-7-17(13-18)15-21-11-9-20(10-12-21)14-16-5-2-1-3-6-16/h1-2,4,7-8,13,16H,3,5-6,9-12,14-15H2/t16-/m0/s1. The number of benzene rings is 1. The van der Waals surface area contributed by atoms with E-state index in [2.05, 4.69) is 22.0 Å². The molecule has 0 N–H and O–H groups in total. The molecule has 0 radical (unpaired) electrons. The molecule has 21 heavy (non-hydrogen) atoms. The van der Waals surface area contributed by atoms with Crippen molar-refractivity contribution >= 4 is 0 Å². The summed E-state index contributed by atoms with van der Waals surface area (Å²) in [5.74, 6) is 0.723. The second-order valence-corrected chi connectivity index (χ2v) is 6.36. The smallest absolute Gasteiger partial charge is 0.123 e. The minimum Gasteiger partial charge on any atom is -0.301 e. The lowest BCUT2D eigenvalue weighted by atomic mass is 9.94. The molecule has 0 amide bonds. The summed E-state index contributed by atoms with van der Waals surface area (Å²) >= 11 is 0. The number of nitrogens with zero attached hydrogens (tertiary/aromatic N) is 2. The maximum atomic E-state index is 13.2. The summed E-state index contributed by atoms with van der Waals surface area (Å²) in [5.41, 5.74) is 1.08. The molecule has 0 bridgehead atoms. The lowest BCUT2D eigenvalue weighted by molar-refractivity contribution is 0.111. The molecule has 1 heterocycles. The zero-order valence-electron chi connectivity index (χ0n) is 12.7. The molecule has 1 atom stereocenters. The van der Waals surface area contributed by atoms with E-state index in [9.17, 15) is 4.39 Å². The third-order valence-corrected chi connectivity index (χ3v) is 4.65. The SMILES string of the molecule is Fc1cccc(CN2CCN(C[C@H]3CC=CCC3)CC2)c1. The van der Waals surface area contributed by atoms with E-state index in [-0.39, 0.29) is 5.82 Å². The van der Waals surface area contributed by atoms with Gasteiger partial charge >= 0.3 is 0 Å². The third-order valence-electron chi connectivity index (χ3n) is 4.65. The van der Waals surface area contributed by atoms with Gasteiger partial charge in [0.1, 0.15) is 5.82 Å². The molecule has 3 rings (SSSR count). The molecule has 1 saturated heterocycles. The summed E-state index contributed by atoms with van der Waals surface area (Å²) < 4.78 is 13.2. The maximum Gasteiger partial charge on any atom is 0.123 e.